The Balaban J connectivity index is 1.39. The van der Waals surface area contributed by atoms with Gasteiger partial charge in [0.05, 0.1) is 28.4 Å². The molecule has 1 aromatic heterocycles. The summed E-state index contributed by atoms with van der Waals surface area (Å²) in [5.74, 6) is 3.51. The molecule has 4 aromatic rings. The third kappa shape index (κ3) is 6.97. The summed E-state index contributed by atoms with van der Waals surface area (Å²) in [6, 6.07) is 18.6. The number of hydrogen-bond donors (Lipinski definition) is 0. The number of ether oxygens (including phenoxy) is 5. The largest absolute Gasteiger partial charge is 0.497 e. The number of carbonyl (C=O) groups is 1. The third-order valence-electron chi connectivity index (χ3n) is 6.08. The molecule has 1 amide bonds. The Morgan fingerprint density at radius 3 is 2.31 bits per heavy atom. The van der Waals surface area contributed by atoms with Crippen molar-refractivity contribution in [2.24, 2.45) is 0 Å². The average molecular weight is 550 g/mol. The van der Waals surface area contributed by atoms with Crippen LogP contribution in [0.5, 0.6) is 33.9 Å². The number of methoxy groups -OCH3 is 4. The van der Waals surface area contributed by atoms with Crippen molar-refractivity contribution >= 4 is 17.4 Å². The summed E-state index contributed by atoms with van der Waals surface area (Å²) in [5.41, 5.74) is 2.57. The van der Waals surface area contributed by atoms with Crippen LogP contribution in [0.2, 0.25) is 0 Å². The quantitative estimate of drug-likeness (QED) is 0.236. The predicted octanol–water partition coefficient (Wildman–Crippen LogP) is 5.27. The van der Waals surface area contributed by atoms with E-state index in [0.717, 1.165) is 28.4 Å². The molecule has 3 aromatic carbocycles. The predicted molar refractivity (Wildman–Crippen MR) is 149 cm³/mol. The van der Waals surface area contributed by atoms with Crippen molar-refractivity contribution in [3.8, 4) is 33.9 Å². The Morgan fingerprint density at radius 2 is 1.56 bits per heavy atom. The number of carbonyl (C=O) groups excluding carboxylic acids is 1. The van der Waals surface area contributed by atoms with Gasteiger partial charge in [-0.2, -0.15) is 9.36 Å². The molecule has 204 valence electrons. The molecular formula is C29H31N3O6S. The van der Waals surface area contributed by atoms with Crippen molar-refractivity contribution in [2.75, 3.05) is 42.0 Å². The van der Waals surface area contributed by atoms with Gasteiger partial charge in [-0.1, -0.05) is 18.2 Å². The monoisotopic (exact) mass is 549 g/mol. The van der Waals surface area contributed by atoms with Crippen LogP contribution in [-0.2, 0) is 12.8 Å². The maximum Gasteiger partial charge on any atom is 0.298 e. The van der Waals surface area contributed by atoms with Gasteiger partial charge < -0.3 is 28.6 Å². The molecule has 9 nitrogen and oxygen atoms in total. The fraction of sp³-hybridized carbons (Fsp3) is 0.276. The van der Waals surface area contributed by atoms with E-state index in [1.54, 1.807) is 51.5 Å². The van der Waals surface area contributed by atoms with E-state index in [2.05, 4.69) is 9.36 Å². The Labute approximate surface area is 232 Å². The molecule has 0 spiro atoms. The highest BCUT2D eigenvalue weighted by Gasteiger charge is 2.17. The number of aromatic nitrogens is 2. The summed E-state index contributed by atoms with van der Waals surface area (Å²) in [7, 11) is 8.14. The Morgan fingerprint density at radius 1 is 0.821 bits per heavy atom. The molecule has 0 fully saturated rings. The summed E-state index contributed by atoms with van der Waals surface area (Å²) in [6.07, 6.45) is 1.22. The van der Waals surface area contributed by atoms with Crippen molar-refractivity contribution in [3.05, 3.63) is 83.2 Å². The molecule has 1 heterocycles. The molecule has 0 aliphatic rings. The summed E-state index contributed by atoms with van der Waals surface area (Å²) >= 11 is 1.16. The van der Waals surface area contributed by atoms with Crippen molar-refractivity contribution in [1.82, 2.24) is 14.3 Å². The van der Waals surface area contributed by atoms with Gasteiger partial charge >= 0.3 is 0 Å². The van der Waals surface area contributed by atoms with E-state index in [-0.39, 0.29) is 5.91 Å². The minimum Gasteiger partial charge on any atom is -0.497 e. The highest BCUT2D eigenvalue weighted by molar-refractivity contribution is 7.07. The fourth-order valence-corrected chi connectivity index (χ4v) is 4.51. The summed E-state index contributed by atoms with van der Waals surface area (Å²) in [5, 5.41) is 0.386. The number of hydrogen-bond acceptors (Lipinski definition) is 9. The molecule has 0 unspecified atom stereocenters. The van der Waals surface area contributed by atoms with E-state index in [4.69, 9.17) is 23.7 Å². The molecule has 0 radical (unpaired) electrons. The zero-order valence-corrected chi connectivity index (χ0v) is 23.4. The molecule has 0 aliphatic carbocycles. The number of amides is 1. The normalized spacial score (nSPS) is 10.6. The van der Waals surface area contributed by atoms with Gasteiger partial charge in [0.15, 0.2) is 28.8 Å². The lowest BCUT2D eigenvalue weighted by Crippen LogP contribution is -2.28. The van der Waals surface area contributed by atoms with E-state index in [9.17, 15) is 4.79 Å². The van der Waals surface area contributed by atoms with Crippen LogP contribution in [0.4, 0.5) is 0 Å². The van der Waals surface area contributed by atoms with Crippen molar-refractivity contribution in [1.29, 1.82) is 0 Å². The SMILES string of the molecule is COc1cccc(Cc2nsc(Oc3ccc(C(=O)N(C)CCc4ccc(OC)c(OC)c4)cc3OC)n2)c1. The molecule has 0 saturated carbocycles. The van der Waals surface area contributed by atoms with E-state index in [0.29, 0.717) is 59.0 Å². The van der Waals surface area contributed by atoms with Gasteiger partial charge in [0.1, 0.15) is 5.75 Å². The second kappa shape index (κ2) is 13.0. The number of nitrogens with zero attached hydrogens (tertiary/aromatic N) is 3. The standard InChI is InChI=1S/C29H31N3O6S/c1-32(14-13-19-9-11-23(35-3)25(16-19)36-4)28(33)21-10-12-24(26(18-21)37-5)38-29-30-27(31-39-29)17-20-7-6-8-22(15-20)34-2/h6-12,15-16,18H,13-14,17H2,1-5H3. The number of rotatable bonds is 12. The lowest BCUT2D eigenvalue weighted by molar-refractivity contribution is 0.0796. The van der Waals surface area contributed by atoms with Crippen molar-refractivity contribution in [3.63, 3.8) is 0 Å². The second-order valence-corrected chi connectivity index (χ2v) is 9.35. The Bertz CT molecular complexity index is 1420. The third-order valence-corrected chi connectivity index (χ3v) is 6.72. The van der Waals surface area contributed by atoms with E-state index in [1.807, 2.05) is 42.5 Å². The topological polar surface area (TPSA) is 92.2 Å². The highest BCUT2D eigenvalue weighted by Crippen LogP contribution is 2.34. The van der Waals surface area contributed by atoms with Gasteiger partial charge in [0.25, 0.3) is 11.1 Å². The van der Waals surface area contributed by atoms with E-state index < -0.39 is 0 Å². The molecule has 0 saturated heterocycles. The van der Waals surface area contributed by atoms with Crippen LogP contribution < -0.4 is 23.7 Å². The lowest BCUT2D eigenvalue weighted by atomic mass is 10.1. The first kappa shape index (κ1) is 27.7. The van der Waals surface area contributed by atoms with Gasteiger partial charge in [0.2, 0.25) is 0 Å². The van der Waals surface area contributed by atoms with Crippen molar-refractivity contribution in [2.45, 2.75) is 12.8 Å². The van der Waals surface area contributed by atoms with Crippen LogP contribution in [0.15, 0.2) is 60.7 Å². The van der Waals surface area contributed by atoms with Crippen LogP contribution in [0.1, 0.15) is 27.3 Å². The fourth-order valence-electron chi connectivity index (χ4n) is 3.95. The van der Waals surface area contributed by atoms with Gasteiger partial charge in [-0.25, -0.2) is 0 Å². The molecule has 0 atom stereocenters. The molecule has 0 aliphatic heterocycles. The second-order valence-electron chi connectivity index (χ2n) is 8.64. The Hall–Kier alpha value is -4.31. The highest BCUT2D eigenvalue weighted by atomic mass is 32.1. The van der Waals surface area contributed by atoms with Crippen LogP contribution in [0, 0.1) is 0 Å². The molecular weight excluding hydrogens is 518 g/mol. The summed E-state index contributed by atoms with van der Waals surface area (Å²) in [4.78, 5) is 19.3. The molecule has 0 N–H and O–H groups in total. The van der Waals surface area contributed by atoms with Gasteiger partial charge in [0, 0.05) is 37.1 Å². The molecule has 39 heavy (non-hydrogen) atoms. The minimum atomic E-state index is -0.128. The van der Waals surface area contributed by atoms with Gasteiger partial charge in [-0.05, 0) is 60.0 Å². The van der Waals surface area contributed by atoms with Crippen LogP contribution in [-0.4, -0.2) is 62.2 Å². The maximum atomic E-state index is 13.1. The number of likely N-dealkylation sites (N-methyl/N-ethyl adjacent to an activating group) is 1. The zero-order valence-electron chi connectivity index (χ0n) is 22.6. The molecule has 4 rings (SSSR count). The van der Waals surface area contributed by atoms with Crippen molar-refractivity contribution < 1.29 is 28.5 Å². The van der Waals surface area contributed by atoms with E-state index in [1.165, 1.54) is 7.11 Å². The van der Waals surface area contributed by atoms with Crippen LogP contribution in [0.25, 0.3) is 0 Å². The zero-order chi connectivity index (χ0) is 27.8. The first-order chi connectivity index (χ1) is 18.9. The van der Waals surface area contributed by atoms with Gasteiger partial charge in [-0.15, -0.1) is 0 Å². The first-order valence-corrected chi connectivity index (χ1v) is 13.0. The summed E-state index contributed by atoms with van der Waals surface area (Å²) in [6.45, 7) is 0.524. The van der Waals surface area contributed by atoms with E-state index >= 15 is 0 Å². The smallest absolute Gasteiger partial charge is 0.298 e. The Kier molecular flexibility index (Phi) is 9.22. The summed E-state index contributed by atoms with van der Waals surface area (Å²) < 4.78 is 31.8. The maximum absolute atomic E-state index is 13.1. The lowest BCUT2D eigenvalue weighted by Gasteiger charge is -2.18. The van der Waals surface area contributed by atoms with Crippen LogP contribution >= 0.6 is 11.5 Å². The number of benzene rings is 3. The molecule has 10 heteroatoms. The van der Waals surface area contributed by atoms with Gasteiger partial charge in [-0.3, -0.25) is 4.79 Å². The first-order valence-electron chi connectivity index (χ1n) is 12.2. The minimum absolute atomic E-state index is 0.128. The molecule has 0 bridgehead atoms. The van der Waals surface area contributed by atoms with Crippen LogP contribution in [0.3, 0.4) is 0 Å². The average Bonchev–Trinajstić information content (AvgIpc) is 3.41.